The number of esters is 1. The Hall–Kier alpha value is -1.42. The van der Waals surface area contributed by atoms with E-state index in [9.17, 15) is 14.7 Å². The predicted octanol–water partition coefficient (Wildman–Crippen LogP) is 5.41. The molecule has 13 nitrogen and oxygen atoms in total. The molecular formula is C38H58O13. The van der Waals surface area contributed by atoms with E-state index in [0.29, 0.717) is 24.7 Å². The number of rotatable bonds is 9. The lowest BCUT2D eigenvalue weighted by Gasteiger charge is -2.61. The average Bonchev–Trinajstić information content (AvgIpc) is 3.45. The Kier molecular flexibility index (Phi) is 9.20. The predicted molar refractivity (Wildman–Crippen MR) is 176 cm³/mol. The number of hydrogen-bond donors (Lipinski definition) is 2. The minimum Gasteiger partial charge on any atom is -0.481 e. The molecule has 8 heterocycles. The lowest BCUT2D eigenvalue weighted by Crippen LogP contribution is -2.71. The molecule has 8 unspecified atom stereocenters. The maximum Gasteiger partial charge on any atom is 0.306 e. The van der Waals surface area contributed by atoms with Gasteiger partial charge in [0.15, 0.2) is 23.8 Å². The first kappa shape index (κ1) is 36.6. The molecule has 2 spiro atoms. The highest BCUT2D eigenvalue weighted by Crippen LogP contribution is 2.63. The van der Waals surface area contributed by atoms with Crippen molar-refractivity contribution in [2.75, 3.05) is 6.61 Å². The molecule has 4 bridgehead atoms. The summed E-state index contributed by atoms with van der Waals surface area (Å²) in [6.07, 6.45) is 4.52. The molecule has 10 aliphatic rings. The average molecular weight is 723 g/mol. The van der Waals surface area contributed by atoms with Crippen LogP contribution in [0.2, 0.25) is 0 Å². The van der Waals surface area contributed by atoms with E-state index in [1.54, 1.807) is 0 Å². The number of carbonyl (C=O) groups excluding carboxylic acids is 1. The Morgan fingerprint density at radius 1 is 0.686 bits per heavy atom. The number of aliphatic hydroxyl groups is 1. The van der Waals surface area contributed by atoms with E-state index < -0.39 is 65.1 Å². The lowest BCUT2D eigenvalue weighted by atomic mass is 9.56. The molecule has 2 aliphatic carbocycles. The zero-order valence-electron chi connectivity index (χ0n) is 31.0. The molecule has 13 heteroatoms. The van der Waals surface area contributed by atoms with Crippen LogP contribution in [0, 0.1) is 47.3 Å². The third kappa shape index (κ3) is 5.91. The fourth-order valence-electron chi connectivity index (χ4n) is 11.9. The summed E-state index contributed by atoms with van der Waals surface area (Å²) in [4.78, 5) is 48.7. The van der Waals surface area contributed by atoms with Crippen LogP contribution < -0.4 is 0 Å². The molecule has 8 aliphatic heterocycles. The lowest BCUT2D eigenvalue weighted by molar-refractivity contribution is -0.572. The first-order valence-corrected chi connectivity index (χ1v) is 19.6. The van der Waals surface area contributed by atoms with Crippen molar-refractivity contribution in [2.24, 2.45) is 47.3 Å². The summed E-state index contributed by atoms with van der Waals surface area (Å²) in [5.41, 5.74) is -3.07. The van der Waals surface area contributed by atoms with E-state index in [2.05, 4.69) is 27.7 Å². The van der Waals surface area contributed by atoms with Crippen LogP contribution in [0.15, 0.2) is 0 Å². The zero-order valence-corrected chi connectivity index (χ0v) is 31.0. The van der Waals surface area contributed by atoms with Gasteiger partial charge in [0.05, 0.1) is 25.0 Å². The van der Waals surface area contributed by atoms with Crippen molar-refractivity contribution in [1.82, 2.24) is 0 Å². The number of carboxylic acid groups (broad SMARTS) is 1. The summed E-state index contributed by atoms with van der Waals surface area (Å²) >= 11 is 0. The summed E-state index contributed by atoms with van der Waals surface area (Å²) in [5.74, 6) is -2.35. The molecule has 10 rings (SSSR count). The van der Waals surface area contributed by atoms with Crippen LogP contribution in [0.4, 0.5) is 0 Å². The van der Waals surface area contributed by atoms with Gasteiger partial charge in [-0.3, -0.25) is 9.59 Å². The second kappa shape index (κ2) is 12.8. The molecule has 51 heavy (non-hydrogen) atoms. The molecular weight excluding hydrogens is 664 g/mol. The molecule has 8 saturated heterocycles. The third-order valence-electron chi connectivity index (χ3n) is 14.8. The van der Waals surface area contributed by atoms with Gasteiger partial charge in [0.2, 0.25) is 11.6 Å². The number of aliphatic carboxylic acids is 1. The van der Waals surface area contributed by atoms with Crippen LogP contribution in [-0.4, -0.2) is 81.9 Å². The fourth-order valence-corrected chi connectivity index (χ4v) is 11.9. The summed E-state index contributed by atoms with van der Waals surface area (Å²) < 4.78 is 32.6. The second-order valence-corrected chi connectivity index (χ2v) is 18.1. The molecule has 2 saturated carbocycles. The van der Waals surface area contributed by atoms with E-state index in [-0.39, 0.29) is 67.8 Å². The van der Waals surface area contributed by atoms with Crippen molar-refractivity contribution in [3.8, 4) is 0 Å². The normalized spacial score (nSPS) is 52.5. The molecule has 0 amide bonds. The fraction of sp³-hybridized carbons (Fsp3) is 0.947. The van der Waals surface area contributed by atoms with Crippen LogP contribution in [0.3, 0.4) is 0 Å². The van der Waals surface area contributed by atoms with Gasteiger partial charge >= 0.3 is 11.9 Å². The quantitative estimate of drug-likeness (QED) is 0.230. The minimum atomic E-state index is -1.58. The summed E-state index contributed by atoms with van der Waals surface area (Å²) in [6.45, 7) is 12.3. The molecule has 288 valence electrons. The van der Waals surface area contributed by atoms with Gasteiger partial charge in [-0.2, -0.15) is 0 Å². The third-order valence-corrected chi connectivity index (χ3v) is 14.8. The van der Waals surface area contributed by atoms with Crippen LogP contribution >= 0.6 is 0 Å². The number of hydrogen-bond acceptors (Lipinski definition) is 12. The molecule has 0 radical (unpaired) electrons. The van der Waals surface area contributed by atoms with Crippen LogP contribution in [0.25, 0.3) is 0 Å². The van der Waals surface area contributed by atoms with Crippen molar-refractivity contribution in [3.63, 3.8) is 0 Å². The monoisotopic (exact) mass is 722 g/mol. The van der Waals surface area contributed by atoms with Gasteiger partial charge in [-0.1, -0.05) is 27.7 Å². The Morgan fingerprint density at radius 2 is 1.16 bits per heavy atom. The maximum atomic E-state index is 12.8. The van der Waals surface area contributed by atoms with Crippen LogP contribution in [-0.2, 0) is 52.8 Å². The molecule has 0 aromatic rings. The number of carbonyl (C=O) groups is 2. The molecule has 0 aromatic carbocycles. The van der Waals surface area contributed by atoms with Crippen LogP contribution in [0.5, 0.6) is 0 Å². The zero-order chi connectivity index (χ0) is 36.1. The van der Waals surface area contributed by atoms with E-state index >= 15 is 0 Å². The Morgan fingerprint density at radius 3 is 1.61 bits per heavy atom. The Balaban J connectivity index is 1.08. The Labute approximate surface area is 300 Å². The highest BCUT2D eigenvalue weighted by molar-refractivity contribution is 5.76. The maximum absolute atomic E-state index is 12.8. The molecule has 10 fully saturated rings. The van der Waals surface area contributed by atoms with Crippen molar-refractivity contribution in [2.45, 2.75) is 172 Å². The highest BCUT2D eigenvalue weighted by Gasteiger charge is 2.71. The standard InChI is InChI=1S/C38H58O13/c1-20-7-9-26-22(3)28(44-32-37(26)24(20)13-15-34(5,46-32)48-50-37)17-36(42,19-43-31(41)12-11-30(39)40)18-29-23(4)27-10-8-21(2)25-14-16-35(6)47-33(45-29)38(25,27)51-49-35/h20-29,32-33,42H,7-19H2,1-6H3,(H,39,40)/t20-,21-,22-,23-,24+,25?,26+,27+,28?,29?,32?,33?,34+,35+,36?,37?,38?/m1/s1. The largest absolute Gasteiger partial charge is 0.481 e. The smallest absolute Gasteiger partial charge is 0.306 e. The highest BCUT2D eigenvalue weighted by atomic mass is 17.3. The van der Waals surface area contributed by atoms with E-state index in [1.165, 1.54) is 0 Å². The summed E-state index contributed by atoms with van der Waals surface area (Å²) in [6, 6.07) is 0. The second-order valence-electron chi connectivity index (χ2n) is 18.1. The van der Waals surface area contributed by atoms with Gasteiger partial charge in [-0.15, -0.1) is 0 Å². The van der Waals surface area contributed by atoms with Gasteiger partial charge < -0.3 is 33.9 Å². The summed E-state index contributed by atoms with van der Waals surface area (Å²) in [5, 5.41) is 21.9. The molecule has 0 aromatic heterocycles. The molecule has 17 atom stereocenters. The van der Waals surface area contributed by atoms with Crippen molar-refractivity contribution in [1.29, 1.82) is 0 Å². The SMILES string of the molecule is C[C@@H]1CC[C@H]2[C@@H](C)C(CC(O)(COC(=O)CCC(=O)O)CC3OC4O[C@]5(C)CC[C@H]6[C@H](C)CC[C@@H]([C@H]3C)C46OO5)OC3O[C@]4(C)CCC1C32OO4. The first-order valence-electron chi connectivity index (χ1n) is 19.6. The van der Waals surface area contributed by atoms with Gasteiger partial charge in [0.25, 0.3) is 0 Å². The van der Waals surface area contributed by atoms with E-state index in [1.807, 2.05) is 13.8 Å². The van der Waals surface area contributed by atoms with Crippen molar-refractivity contribution < 1.29 is 63.0 Å². The first-order chi connectivity index (χ1) is 24.1. The van der Waals surface area contributed by atoms with Crippen LogP contribution in [0.1, 0.15) is 119 Å². The minimum absolute atomic E-state index is 0.0416. The number of ether oxygens (including phenoxy) is 5. The number of carboxylic acids is 1. The van der Waals surface area contributed by atoms with E-state index in [4.69, 9.17) is 48.3 Å². The van der Waals surface area contributed by atoms with Crippen molar-refractivity contribution in [3.05, 3.63) is 0 Å². The van der Waals surface area contributed by atoms with Crippen molar-refractivity contribution >= 4 is 11.9 Å². The van der Waals surface area contributed by atoms with Gasteiger partial charge in [0, 0.05) is 37.5 Å². The van der Waals surface area contributed by atoms with E-state index in [0.717, 1.165) is 38.5 Å². The molecule has 2 N–H and O–H groups in total. The topological polar surface area (TPSA) is 158 Å². The summed E-state index contributed by atoms with van der Waals surface area (Å²) in [7, 11) is 0. The van der Waals surface area contributed by atoms with Gasteiger partial charge in [0.1, 0.15) is 12.2 Å². The van der Waals surface area contributed by atoms with Gasteiger partial charge in [-0.25, -0.2) is 19.6 Å². The van der Waals surface area contributed by atoms with Gasteiger partial charge in [-0.05, 0) is 87.9 Å². The number of fused-ring (bicyclic) bond motifs is 4. The Bertz CT molecular complexity index is 1280.